The Labute approximate surface area is 178 Å². The van der Waals surface area contributed by atoms with Gasteiger partial charge in [0.25, 0.3) is 0 Å². The molecule has 3 aromatic heterocycles. The lowest BCUT2D eigenvalue weighted by Gasteiger charge is -2.07. The van der Waals surface area contributed by atoms with E-state index in [0.717, 1.165) is 66.3 Å². The Morgan fingerprint density at radius 3 is 2.27 bits per heavy atom. The average Bonchev–Trinajstić information content (AvgIpc) is 3.33. The molecule has 0 bridgehead atoms. The predicted molar refractivity (Wildman–Crippen MR) is 122 cm³/mol. The zero-order chi connectivity index (χ0) is 23.1. The molecule has 0 N–H and O–H groups in total. The molecule has 0 saturated carbocycles. The van der Waals surface area contributed by atoms with E-state index >= 15 is 0 Å². The maximum Gasteiger partial charge on any atom is 0.216 e. The predicted octanol–water partition coefficient (Wildman–Crippen LogP) is 6.90. The molecule has 30 heavy (non-hydrogen) atoms. The molecule has 6 aromatic rings. The molecule has 0 spiro atoms. The van der Waals surface area contributed by atoms with Crippen LogP contribution in [0.15, 0.2) is 69.6 Å². The summed E-state index contributed by atoms with van der Waals surface area (Å²) in [5.41, 5.74) is 7.07. The Morgan fingerprint density at radius 2 is 1.43 bits per heavy atom. The van der Waals surface area contributed by atoms with Crippen LogP contribution in [0.2, 0.25) is 0 Å². The minimum absolute atomic E-state index is 0.354. The highest BCUT2D eigenvalue weighted by Gasteiger charge is 2.23. The fourth-order valence-electron chi connectivity index (χ4n) is 4.50. The number of hydrogen-bond donors (Lipinski definition) is 0. The van der Waals surface area contributed by atoms with E-state index in [4.69, 9.17) is 12.9 Å². The summed E-state index contributed by atoms with van der Waals surface area (Å²) < 4.78 is 38.2. The quantitative estimate of drug-likeness (QED) is 0.283. The number of aromatic nitrogens is 1. The molecule has 0 fully saturated rings. The van der Waals surface area contributed by atoms with Gasteiger partial charge in [-0.1, -0.05) is 30.3 Å². The largest absolute Gasteiger partial charge is 0.452 e. The van der Waals surface area contributed by atoms with Gasteiger partial charge in [0.1, 0.15) is 18.2 Å². The van der Waals surface area contributed by atoms with Crippen LogP contribution in [0.3, 0.4) is 0 Å². The first-order valence-electron chi connectivity index (χ1n) is 11.5. The summed E-state index contributed by atoms with van der Waals surface area (Å²) in [6, 6.07) is 18.3. The van der Waals surface area contributed by atoms with Crippen LogP contribution >= 0.6 is 0 Å². The third kappa shape index (κ3) is 2.23. The molecule has 6 rings (SSSR count). The fourth-order valence-corrected chi connectivity index (χ4v) is 4.50. The summed E-state index contributed by atoms with van der Waals surface area (Å²) in [7, 11) is 1.88. The Bertz CT molecular complexity index is 1740. The van der Waals surface area contributed by atoms with Gasteiger partial charge in [0.05, 0.1) is 5.56 Å². The lowest BCUT2D eigenvalue weighted by atomic mass is 9.99. The summed E-state index contributed by atoms with van der Waals surface area (Å²) in [4.78, 5) is 0. The van der Waals surface area contributed by atoms with Crippen LogP contribution in [-0.2, 0) is 7.05 Å². The molecule has 3 nitrogen and oxygen atoms in total. The third-order valence-electron chi connectivity index (χ3n) is 6.10. The van der Waals surface area contributed by atoms with E-state index in [0.29, 0.717) is 5.56 Å². The number of fused-ring (bicyclic) bond motifs is 7. The summed E-state index contributed by atoms with van der Waals surface area (Å²) in [5, 5.41) is 4.09. The molecule has 0 aliphatic rings. The molecule has 0 saturated heterocycles. The van der Waals surface area contributed by atoms with Crippen molar-refractivity contribution in [2.75, 3.05) is 0 Å². The van der Waals surface area contributed by atoms with Crippen LogP contribution in [0.4, 0.5) is 0 Å². The topological polar surface area (TPSA) is 30.2 Å². The average molecular weight is 395 g/mol. The van der Waals surface area contributed by atoms with Crippen molar-refractivity contribution < 1.29 is 17.5 Å². The van der Waals surface area contributed by atoms with Gasteiger partial charge in [0.15, 0.2) is 17.4 Å². The van der Waals surface area contributed by atoms with Crippen LogP contribution in [0.1, 0.15) is 20.8 Å². The standard InChI is InChI=1S/C27H22NO2/c1-15-9-10-20-21-12-11-19-18-7-5-6-8-23(18)29-26(19)27(21)30-25(20)24(15)22-13-16(2)17(3)14-28(22)4/h5-14H,1-4H3/q+1/i3D3. The zero-order valence-corrected chi connectivity index (χ0v) is 17.0. The minimum Gasteiger partial charge on any atom is -0.452 e. The second-order valence-corrected chi connectivity index (χ2v) is 8.02. The van der Waals surface area contributed by atoms with Gasteiger partial charge < -0.3 is 8.83 Å². The second-order valence-electron chi connectivity index (χ2n) is 8.02. The summed E-state index contributed by atoms with van der Waals surface area (Å²) >= 11 is 0. The Balaban J connectivity index is 1.70. The minimum atomic E-state index is -2.16. The van der Waals surface area contributed by atoms with Gasteiger partial charge >= 0.3 is 0 Å². The van der Waals surface area contributed by atoms with Crippen molar-refractivity contribution in [2.24, 2.45) is 7.05 Å². The third-order valence-corrected chi connectivity index (χ3v) is 6.10. The zero-order valence-electron chi connectivity index (χ0n) is 20.0. The van der Waals surface area contributed by atoms with Crippen molar-refractivity contribution in [3.63, 3.8) is 0 Å². The van der Waals surface area contributed by atoms with Crippen LogP contribution in [0.25, 0.3) is 55.1 Å². The highest BCUT2D eigenvalue weighted by Crippen LogP contribution is 2.41. The van der Waals surface area contributed by atoms with Gasteiger partial charge in [-0.05, 0) is 50.0 Å². The second kappa shape index (κ2) is 5.96. The number of nitrogens with zero attached hydrogens (tertiary/aromatic N) is 1. The van der Waals surface area contributed by atoms with Gasteiger partial charge in [0, 0.05) is 37.3 Å². The van der Waals surface area contributed by atoms with Gasteiger partial charge in [-0.25, -0.2) is 4.57 Å². The van der Waals surface area contributed by atoms with Crippen LogP contribution in [0, 0.1) is 20.7 Å². The highest BCUT2D eigenvalue weighted by molar-refractivity contribution is 6.20. The van der Waals surface area contributed by atoms with Gasteiger partial charge in [0.2, 0.25) is 5.69 Å². The lowest BCUT2D eigenvalue weighted by Crippen LogP contribution is -2.31. The van der Waals surface area contributed by atoms with Gasteiger partial charge in [-0.2, -0.15) is 0 Å². The van der Waals surface area contributed by atoms with E-state index in [-0.39, 0.29) is 0 Å². The Morgan fingerprint density at radius 1 is 0.733 bits per heavy atom. The van der Waals surface area contributed by atoms with Crippen molar-refractivity contribution in [1.82, 2.24) is 0 Å². The number of pyridine rings is 1. The first kappa shape index (κ1) is 14.4. The molecule has 3 heterocycles. The smallest absolute Gasteiger partial charge is 0.216 e. The van der Waals surface area contributed by atoms with Gasteiger partial charge in [-0.3, -0.25) is 0 Å². The number of rotatable bonds is 1. The van der Waals surface area contributed by atoms with Crippen molar-refractivity contribution in [2.45, 2.75) is 20.7 Å². The van der Waals surface area contributed by atoms with Crippen molar-refractivity contribution >= 4 is 43.9 Å². The molecule has 0 unspecified atom stereocenters. The highest BCUT2D eigenvalue weighted by atomic mass is 16.4. The number of benzene rings is 3. The van der Waals surface area contributed by atoms with Crippen molar-refractivity contribution in [3.8, 4) is 11.3 Å². The first-order chi connectivity index (χ1) is 15.7. The fraction of sp³-hybridized carbons (Fsp3) is 0.148. The lowest BCUT2D eigenvalue weighted by molar-refractivity contribution is -0.660. The molecule has 0 aliphatic carbocycles. The SMILES string of the molecule is [2H]C([2H])([2H])c1c[n+](C)c(-c2c(C)ccc3c2oc2c3ccc3c4ccccc4oc32)cc1C. The number of para-hydroxylation sites is 1. The molecular formula is C27H22NO2+. The van der Waals surface area contributed by atoms with Crippen LogP contribution in [-0.4, -0.2) is 0 Å². The summed E-state index contributed by atoms with van der Waals surface area (Å²) in [5.74, 6) is 0. The molecule has 146 valence electrons. The Kier molecular flexibility index (Phi) is 2.86. The molecule has 0 radical (unpaired) electrons. The first-order valence-corrected chi connectivity index (χ1v) is 10.0. The van der Waals surface area contributed by atoms with Crippen LogP contribution in [0.5, 0.6) is 0 Å². The number of hydrogen-bond acceptors (Lipinski definition) is 2. The summed E-state index contributed by atoms with van der Waals surface area (Å²) in [6.45, 7) is 1.73. The number of aryl methyl sites for hydroxylation is 4. The monoisotopic (exact) mass is 395 g/mol. The molecule has 3 aromatic carbocycles. The van der Waals surface area contributed by atoms with E-state index in [1.807, 2.05) is 49.7 Å². The van der Waals surface area contributed by atoms with Crippen molar-refractivity contribution in [1.29, 1.82) is 0 Å². The molecule has 0 amide bonds. The normalized spacial score (nSPS) is 13.9. The van der Waals surface area contributed by atoms with E-state index in [1.165, 1.54) is 0 Å². The van der Waals surface area contributed by atoms with Crippen molar-refractivity contribution in [3.05, 3.63) is 77.5 Å². The van der Waals surface area contributed by atoms with E-state index < -0.39 is 6.85 Å². The Hall–Kier alpha value is -3.59. The molecule has 3 heteroatoms. The van der Waals surface area contributed by atoms with E-state index in [1.54, 1.807) is 6.20 Å². The molecule has 0 aliphatic heterocycles. The van der Waals surface area contributed by atoms with Crippen LogP contribution < -0.4 is 4.57 Å². The van der Waals surface area contributed by atoms with Gasteiger partial charge in [-0.15, -0.1) is 0 Å². The van der Waals surface area contributed by atoms with E-state index in [9.17, 15) is 0 Å². The number of furan rings is 2. The molecule has 0 atom stereocenters. The maximum atomic E-state index is 7.85. The molecular weight excluding hydrogens is 370 g/mol. The summed E-state index contributed by atoms with van der Waals surface area (Å²) in [6.07, 6.45) is 1.70. The maximum absolute atomic E-state index is 7.85. The van der Waals surface area contributed by atoms with E-state index in [2.05, 4.69) is 30.3 Å².